The van der Waals surface area contributed by atoms with Crippen LogP contribution in [0.5, 0.6) is 5.75 Å². The number of nitrogens with one attached hydrogen (secondary N) is 1. The number of nitrogens with zero attached hydrogens (tertiary/aromatic N) is 1. The van der Waals surface area contributed by atoms with E-state index >= 15 is 0 Å². The highest BCUT2D eigenvalue weighted by atomic mass is 16.5. The van der Waals surface area contributed by atoms with Gasteiger partial charge >= 0.3 is 0 Å². The summed E-state index contributed by atoms with van der Waals surface area (Å²) in [6, 6.07) is 6.57. The van der Waals surface area contributed by atoms with E-state index < -0.39 is 0 Å². The highest BCUT2D eigenvalue weighted by Gasteiger charge is 2.21. The number of amides is 1. The molecule has 0 aliphatic carbocycles. The minimum absolute atomic E-state index is 0.253. The van der Waals surface area contributed by atoms with Gasteiger partial charge in [0, 0.05) is 25.6 Å². The molecule has 1 heterocycles. The highest BCUT2D eigenvalue weighted by molar-refractivity contribution is 5.76. The van der Waals surface area contributed by atoms with E-state index in [1.807, 2.05) is 18.0 Å². The number of carbonyl (C=O) groups excluding carboxylic acids is 1. The fourth-order valence-electron chi connectivity index (χ4n) is 2.81. The Kier molecular flexibility index (Phi) is 6.25. The molecule has 1 fully saturated rings. The second-order valence-corrected chi connectivity index (χ2v) is 6.17. The van der Waals surface area contributed by atoms with Gasteiger partial charge in [0.05, 0.1) is 6.61 Å². The van der Waals surface area contributed by atoms with Crippen molar-refractivity contribution in [1.29, 1.82) is 0 Å². The molecule has 1 amide bonds. The third-order valence-corrected chi connectivity index (χ3v) is 4.46. The van der Waals surface area contributed by atoms with E-state index in [2.05, 4.69) is 31.3 Å². The van der Waals surface area contributed by atoms with Gasteiger partial charge in [-0.1, -0.05) is 6.07 Å². The molecule has 2 rings (SSSR count). The van der Waals surface area contributed by atoms with Gasteiger partial charge in [-0.05, 0) is 63.4 Å². The first-order valence-corrected chi connectivity index (χ1v) is 8.25. The lowest BCUT2D eigenvalue weighted by Gasteiger charge is -2.32. The number of hydrogen-bond donors (Lipinski definition) is 1. The van der Waals surface area contributed by atoms with Crippen LogP contribution in [0.2, 0.25) is 0 Å². The smallest absolute Gasteiger partial charge is 0.222 e. The molecular formula is C18H28N2O2. The average Bonchev–Trinajstić information content (AvgIpc) is 2.54. The molecule has 1 aromatic rings. The van der Waals surface area contributed by atoms with Gasteiger partial charge in [-0.3, -0.25) is 4.79 Å². The number of benzene rings is 1. The van der Waals surface area contributed by atoms with Crippen LogP contribution >= 0.6 is 0 Å². The average molecular weight is 304 g/mol. The second kappa shape index (κ2) is 8.18. The first-order chi connectivity index (χ1) is 10.6. The molecule has 0 bridgehead atoms. The van der Waals surface area contributed by atoms with Gasteiger partial charge < -0.3 is 15.0 Å². The van der Waals surface area contributed by atoms with Crippen molar-refractivity contribution in [2.45, 2.75) is 45.6 Å². The molecule has 122 valence electrons. The SMILES string of the molecule is CNC1CCCN(C(=O)CCCOc2ccc(C)c(C)c2)C1. The summed E-state index contributed by atoms with van der Waals surface area (Å²) in [6.45, 7) is 6.51. The minimum Gasteiger partial charge on any atom is -0.494 e. The van der Waals surface area contributed by atoms with Crippen molar-refractivity contribution in [3.63, 3.8) is 0 Å². The topological polar surface area (TPSA) is 41.6 Å². The van der Waals surface area contributed by atoms with Crippen LogP contribution in [0, 0.1) is 13.8 Å². The molecule has 1 unspecified atom stereocenters. The number of aryl methyl sites for hydroxylation is 2. The van der Waals surface area contributed by atoms with E-state index in [0.29, 0.717) is 19.1 Å². The van der Waals surface area contributed by atoms with Crippen molar-refractivity contribution in [2.24, 2.45) is 0 Å². The number of piperidine rings is 1. The molecule has 4 heteroatoms. The third-order valence-electron chi connectivity index (χ3n) is 4.46. The van der Waals surface area contributed by atoms with E-state index in [9.17, 15) is 4.79 Å². The lowest BCUT2D eigenvalue weighted by atomic mass is 10.1. The summed E-state index contributed by atoms with van der Waals surface area (Å²) in [7, 11) is 1.97. The van der Waals surface area contributed by atoms with Gasteiger partial charge in [0.1, 0.15) is 5.75 Å². The minimum atomic E-state index is 0.253. The van der Waals surface area contributed by atoms with Crippen molar-refractivity contribution in [3.05, 3.63) is 29.3 Å². The zero-order valence-corrected chi connectivity index (χ0v) is 14.0. The zero-order valence-electron chi connectivity index (χ0n) is 14.0. The van der Waals surface area contributed by atoms with Crippen molar-refractivity contribution in [2.75, 3.05) is 26.7 Å². The van der Waals surface area contributed by atoms with Crippen molar-refractivity contribution in [1.82, 2.24) is 10.2 Å². The van der Waals surface area contributed by atoms with Crippen LogP contribution in [0.3, 0.4) is 0 Å². The van der Waals surface area contributed by atoms with Crippen molar-refractivity contribution >= 4 is 5.91 Å². The molecule has 1 aromatic carbocycles. The Bertz CT molecular complexity index is 502. The Morgan fingerprint density at radius 2 is 2.18 bits per heavy atom. The highest BCUT2D eigenvalue weighted by Crippen LogP contribution is 2.17. The quantitative estimate of drug-likeness (QED) is 0.822. The third kappa shape index (κ3) is 4.73. The van der Waals surface area contributed by atoms with Crippen molar-refractivity contribution < 1.29 is 9.53 Å². The maximum Gasteiger partial charge on any atom is 0.222 e. The fraction of sp³-hybridized carbons (Fsp3) is 0.611. The van der Waals surface area contributed by atoms with E-state index in [4.69, 9.17) is 4.74 Å². The van der Waals surface area contributed by atoms with Crippen LogP contribution in [0.1, 0.15) is 36.8 Å². The van der Waals surface area contributed by atoms with Crippen molar-refractivity contribution in [3.8, 4) is 5.75 Å². The molecular weight excluding hydrogens is 276 g/mol. The molecule has 0 spiro atoms. The summed E-state index contributed by atoms with van der Waals surface area (Å²) in [5.74, 6) is 1.15. The summed E-state index contributed by atoms with van der Waals surface area (Å²) < 4.78 is 5.74. The van der Waals surface area contributed by atoms with Gasteiger partial charge in [-0.25, -0.2) is 0 Å². The molecule has 4 nitrogen and oxygen atoms in total. The molecule has 1 aliphatic heterocycles. The molecule has 0 radical (unpaired) electrons. The molecule has 0 saturated carbocycles. The summed E-state index contributed by atoms with van der Waals surface area (Å²) in [6.07, 6.45) is 3.60. The summed E-state index contributed by atoms with van der Waals surface area (Å²) in [5, 5.41) is 3.27. The Labute approximate surface area is 133 Å². The summed E-state index contributed by atoms with van der Waals surface area (Å²) in [5.41, 5.74) is 2.51. The molecule has 1 aliphatic rings. The predicted molar refractivity (Wildman–Crippen MR) is 89.3 cm³/mol. The molecule has 1 saturated heterocycles. The Morgan fingerprint density at radius 1 is 1.36 bits per heavy atom. The molecule has 0 aromatic heterocycles. The van der Waals surface area contributed by atoms with Gasteiger partial charge in [-0.15, -0.1) is 0 Å². The second-order valence-electron chi connectivity index (χ2n) is 6.17. The maximum absolute atomic E-state index is 12.2. The zero-order chi connectivity index (χ0) is 15.9. The number of hydrogen-bond acceptors (Lipinski definition) is 3. The van der Waals surface area contributed by atoms with Crippen LogP contribution in [0.25, 0.3) is 0 Å². The molecule has 1 atom stereocenters. The number of carbonyl (C=O) groups is 1. The van der Waals surface area contributed by atoms with Gasteiger partial charge in [-0.2, -0.15) is 0 Å². The number of rotatable bonds is 6. The van der Waals surface area contributed by atoms with Crippen LogP contribution in [-0.2, 0) is 4.79 Å². The number of likely N-dealkylation sites (tertiary alicyclic amines) is 1. The van der Waals surface area contributed by atoms with Crippen LogP contribution in [0.4, 0.5) is 0 Å². The van der Waals surface area contributed by atoms with E-state index in [0.717, 1.165) is 38.1 Å². The van der Waals surface area contributed by atoms with E-state index in [1.165, 1.54) is 11.1 Å². The maximum atomic E-state index is 12.2. The standard InChI is InChI=1S/C18H28N2O2/c1-14-8-9-17(12-15(14)2)22-11-5-7-18(21)20-10-4-6-16(13-20)19-3/h8-9,12,16,19H,4-7,10-11,13H2,1-3H3. The van der Waals surface area contributed by atoms with Gasteiger partial charge in [0.25, 0.3) is 0 Å². The Hall–Kier alpha value is -1.55. The largest absolute Gasteiger partial charge is 0.494 e. The molecule has 1 N–H and O–H groups in total. The normalized spacial score (nSPS) is 18.3. The van der Waals surface area contributed by atoms with E-state index in [1.54, 1.807) is 0 Å². The van der Waals surface area contributed by atoms with Crippen LogP contribution < -0.4 is 10.1 Å². The fourth-order valence-corrected chi connectivity index (χ4v) is 2.81. The van der Waals surface area contributed by atoms with Gasteiger partial charge in [0.15, 0.2) is 0 Å². The summed E-state index contributed by atoms with van der Waals surface area (Å²) >= 11 is 0. The number of likely N-dealkylation sites (N-methyl/N-ethyl adjacent to an activating group) is 1. The monoisotopic (exact) mass is 304 g/mol. The lowest BCUT2D eigenvalue weighted by molar-refractivity contribution is -0.132. The van der Waals surface area contributed by atoms with E-state index in [-0.39, 0.29) is 5.91 Å². The predicted octanol–water partition coefficient (Wildman–Crippen LogP) is 2.67. The van der Waals surface area contributed by atoms with Crippen LogP contribution in [0.15, 0.2) is 18.2 Å². The summed E-state index contributed by atoms with van der Waals surface area (Å²) in [4.78, 5) is 14.2. The first kappa shape index (κ1) is 16.8. The first-order valence-electron chi connectivity index (χ1n) is 8.25. The van der Waals surface area contributed by atoms with Gasteiger partial charge in [0.2, 0.25) is 5.91 Å². The Balaban J connectivity index is 1.69. The Morgan fingerprint density at radius 3 is 2.91 bits per heavy atom. The lowest BCUT2D eigenvalue weighted by Crippen LogP contribution is -2.46. The van der Waals surface area contributed by atoms with Crippen LogP contribution in [-0.4, -0.2) is 43.6 Å². The molecule has 22 heavy (non-hydrogen) atoms. The number of ether oxygens (including phenoxy) is 1.